The average Bonchev–Trinajstić information content (AvgIpc) is 2.39. The van der Waals surface area contributed by atoms with Crippen molar-refractivity contribution in [3.63, 3.8) is 0 Å². The van der Waals surface area contributed by atoms with Crippen LogP contribution in [0.5, 0.6) is 5.75 Å². The molecule has 2 aromatic carbocycles. The highest BCUT2D eigenvalue weighted by Crippen LogP contribution is 2.39. The third kappa shape index (κ3) is 2.73. The third-order valence-corrected chi connectivity index (χ3v) is 4.10. The van der Waals surface area contributed by atoms with Crippen LogP contribution in [0, 0.1) is 5.82 Å². The van der Waals surface area contributed by atoms with Crippen LogP contribution in [-0.4, -0.2) is 11.1 Å². The van der Waals surface area contributed by atoms with E-state index < -0.39 is 0 Å². The largest absolute Gasteiger partial charge is 0.506 e. The van der Waals surface area contributed by atoms with Gasteiger partial charge in [0.1, 0.15) is 11.6 Å². The molecule has 0 heterocycles. The number of halogens is 2. The van der Waals surface area contributed by atoms with Gasteiger partial charge in [-0.05, 0) is 54.7 Å². The van der Waals surface area contributed by atoms with Gasteiger partial charge in [0, 0.05) is 11.7 Å². The number of aromatic hydroxyl groups is 1. The minimum absolute atomic E-state index is 0.0926. The Morgan fingerprint density at radius 2 is 1.80 bits per heavy atom. The first kappa shape index (κ1) is 13.3. The smallest absolute Gasteiger partial charge is 0.134 e. The van der Waals surface area contributed by atoms with Gasteiger partial charge in [0.05, 0.1) is 5.02 Å². The number of phenols is 1. The molecule has 0 atom stereocenters. The van der Waals surface area contributed by atoms with Crippen LogP contribution in [0.3, 0.4) is 0 Å². The van der Waals surface area contributed by atoms with E-state index in [9.17, 15) is 9.50 Å². The highest BCUT2D eigenvalue weighted by atomic mass is 35.5. The number of hydrogen-bond donors (Lipinski definition) is 2. The molecule has 3 rings (SSSR count). The van der Waals surface area contributed by atoms with Gasteiger partial charge in [-0.3, -0.25) is 0 Å². The Labute approximate surface area is 122 Å². The summed E-state index contributed by atoms with van der Waals surface area (Å²) in [6.07, 6.45) is 2.04. The van der Waals surface area contributed by atoms with Crippen molar-refractivity contribution in [2.45, 2.75) is 24.8 Å². The van der Waals surface area contributed by atoms with Crippen LogP contribution in [0.2, 0.25) is 5.02 Å². The van der Waals surface area contributed by atoms with Crippen LogP contribution >= 0.6 is 11.6 Å². The first-order valence-corrected chi connectivity index (χ1v) is 7.00. The fourth-order valence-corrected chi connectivity index (χ4v) is 2.76. The highest BCUT2D eigenvalue weighted by Gasteiger charge is 2.30. The highest BCUT2D eigenvalue weighted by molar-refractivity contribution is 6.32. The molecule has 2 aromatic rings. The lowest BCUT2D eigenvalue weighted by molar-refractivity contribution is 0.374. The van der Waals surface area contributed by atoms with Gasteiger partial charge >= 0.3 is 0 Å². The summed E-state index contributed by atoms with van der Waals surface area (Å²) >= 11 is 5.87. The molecule has 1 saturated carbocycles. The molecule has 1 aliphatic rings. The number of nitrogens with one attached hydrogen (secondary N) is 1. The molecule has 0 spiro atoms. The minimum atomic E-state index is -0.193. The summed E-state index contributed by atoms with van der Waals surface area (Å²) in [6.45, 7) is 0. The Morgan fingerprint density at radius 3 is 2.45 bits per heavy atom. The number of anilines is 1. The van der Waals surface area contributed by atoms with E-state index in [2.05, 4.69) is 5.32 Å². The molecular formula is C16H15ClFNO. The molecule has 1 fully saturated rings. The summed E-state index contributed by atoms with van der Waals surface area (Å²) < 4.78 is 12.9. The van der Waals surface area contributed by atoms with E-state index in [1.807, 2.05) is 18.2 Å². The van der Waals surface area contributed by atoms with Crippen molar-refractivity contribution < 1.29 is 9.50 Å². The fraction of sp³-hybridized carbons (Fsp3) is 0.250. The fourth-order valence-electron chi connectivity index (χ4n) is 2.58. The first-order chi connectivity index (χ1) is 9.61. The number of benzene rings is 2. The summed E-state index contributed by atoms with van der Waals surface area (Å²) in [4.78, 5) is 0. The van der Waals surface area contributed by atoms with Crippen LogP contribution in [0.1, 0.15) is 24.3 Å². The Bertz CT molecular complexity index is 608. The van der Waals surface area contributed by atoms with E-state index in [0.29, 0.717) is 17.0 Å². The van der Waals surface area contributed by atoms with Crippen molar-refractivity contribution in [1.82, 2.24) is 0 Å². The zero-order valence-corrected chi connectivity index (χ0v) is 11.6. The Kier molecular flexibility index (Phi) is 3.53. The Morgan fingerprint density at radius 1 is 1.10 bits per heavy atom. The molecule has 0 saturated heterocycles. The normalized spacial score (nSPS) is 21.3. The second-order valence-corrected chi connectivity index (χ2v) is 5.63. The second kappa shape index (κ2) is 5.33. The predicted octanol–water partition coefficient (Wildman–Crippen LogP) is 4.54. The number of phenolic OH excluding ortho intramolecular Hbond substituents is 1. The molecule has 104 valence electrons. The van der Waals surface area contributed by atoms with E-state index >= 15 is 0 Å². The van der Waals surface area contributed by atoms with E-state index in [1.165, 1.54) is 17.7 Å². The van der Waals surface area contributed by atoms with Crippen molar-refractivity contribution in [3.05, 3.63) is 58.9 Å². The number of rotatable bonds is 3. The molecule has 0 aromatic heterocycles. The zero-order valence-electron chi connectivity index (χ0n) is 10.8. The summed E-state index contributed by atoms with van der Waals surface area (Å²) in [7, 11) is 0. The topological polar surface area (TPSA) is 32.3 Å². The van der Waals surface area contributed by atoms with Crippen LogP contribution < -0.4 is 5.32 Å². The van der Waals surface area contributed by atoms with Crippen molar-refractivity contribution in [3.8, 4) is 5.75 Å². The Balaban J connectivity index is 1.58. The van der Waals surface area contributed by atoms with Gasteiger partial charge in [-0.25, -0.2) is 4.39 Å². The molecule has 0 unspecified atom stereocenters. The molecule has 2 nitrogen and oxygen atoms in total. The standard InChI is InChI=1S/C16H15ClFNO/c17-15-9-13(5-6-16(15)20)19-14-7-11(8-14)10-1-3-12(18)4-2-10/h1-6,9,11,14,19-20H,7-8H2. The maximum atomic E-state index is 12.9. The van der Waals surface area contributed by atoms with Gasteiger partial charge < -0.3 is 10.4 Å². The van der Waals surface area contributed by atoms with E-state index in [0.717, 1.165) is 18.5 Å². The molecule has 0 bridgehead atoms. The third-order valence-electron chi connectivity index (χ3n) is 3.80. The summed E-state index contributed by atoms with van der Waals surface area (Å²) in [6, 6.07) is 12.2. The molecule has 0 amide bonds. The van der Waals surface area contributed by atoms with E-state index in [4.69, 9.17) is 11.6 Å². The van der Waals surface area contributed by atoms with Gasteiger partial charge in [-0.1, -0.05) is 23.7 Å². The first-order valence-electron chi connectivity index (χ1n) is 6.62. The quantitative estimate of drug-likeness (QED) is 0.814. The van der Waals surface area contributed by atoms with Crippen molar-refractivity contribution in [2.24, 2.45) is 0 Å². The molecule has 2 N–H and O–H groups in total. The molecular weight excluding hydrogens is 277 g/mol. The van der Waals surface area contributed by atoms with Crippen molar-refractivity contribution in [1.29, 1.82) is 0 Å². The van der Waals surface area contributed by atoms with Crippen LogP contribution in [0.25, 0.3) is 0 Å². The van der Waals surface area contributed by atoms with Gasteiger partial charge in [0.2, 0.25) is 0 Å². The summed E-state index contributed by atoms with van der Waals surface area (Å²) in [5.74, 6) is 0.386. The van der Waals surface area contributed by atoms with Crippen LogP contribution in [-0.2, 0) is 0 Å². The Hall–Kier alpha value is -1.74. The molecule has 0 aliphatic heterocycles. The molecule has 0 radical (unpaired) electrons. The van der Waals surface area contributed by atoms with Crippen LogP contribution in [0.15, 0.2) is 42.5 Å². The van der Waals surface area contributed by atoms with E-state index in [-0.39, 0.29) is 11.6 Å². The lowest BCUT2D eigenvalue weighted by atomic mass is 9.76. The zero-order chi connectivity index (χ0) is 14.1. The minimum Gasteiger partial charge on any atom is -0.506 e. The maximum Gasteiger partial charge on any atom is 0.134 e. The van der Waals surface area contributed by atoms with Crippen molar-refractivity contribution >= 4 is 17.3 Å². The van der Waals surface area contributed by atoms with Gasteiger partial charge in [0.25, 0.3) is 0 Å². The predicted molar refractivity (Wildman–Crippen MR) is 78.9 cm³/mol. The summed E-state index contributed by atoms with van der Waals surface area (Å²) in [5.41, 5.74) is 2.10. The molecule has 4 heteroatoms. The van der Waals surface area contributed by atoms with Gasteiger partial charge in [0.15, 0.2) is 0 Å². The number of hydrogen-bond acceptors (Lipinski definition) is 2. The van der Waals surface area contributed by atoms with E-state index in [1.54, 1.807) is 12.1 Å². The van der Waals surface area contributed by atoms with Gasteiger partial charge in [-0.2, -0.15) is 0 Å². The van der Waals surface area contributed by atoms with Crippen LogP contribution in [0.4, 0.5) is 10.1 Å². The molecule has 1 aliphatic carbocycles. The second-order valence-electron chi connectivity index (χ2n) is 5.23. The lowest BCUT2D eigenvalue weighted by Gasteiger charge is -2.37. The van der Waals surface area contributed by atoms with Gasteiger partial charge in [-0.15, -0.1) is 0 Å². The maximum absolute atomic E-state index is 12.9. The lowest BCUT2D eigenvalue weighted by Crippen LogP contribution is -2.33. The van der Waals surface area contributed by atoms with Crippen molar-refractivity contribution in [2.75, 3.05) is 5.32 Å². The monoisotopic (exact) mass is 291 g/mol. The average molecular weight is 292 g/mol. The summed E-state index contributed by atoms with van der Waals surface area (Å²) in [5, 5.41) is 13.1. The molecule has 20 heavy (non-hydrogen) atoms. The SMILES string of the molecule is Oc1ccc(NC2CC(c3ccc(F)cc3)C2)cc1Cl.